The molecule has 2 rings (SSSR count). The smallest absolute Gasteiger partial charge is 0.419 e. The highest BCUT2D eigenvalue weighted by Crippen LogP contribution is 2.40. The summed E-state index contributed by atoms with van der Waals surface area (Å²) < 4.78 is 45.5. The molecule has 5 nitrogen and oxygen atoms in total. The van der Waals surface area contributed by atoms with Crippen molar-refractivity contribution in [1.82, 2.24) is 4.90 Å². The Labute approximate surface area is 169 Å². The molecule has 0 aliphatic carbocycles. The second-order valence-electron chi connectivity index (χ2n) is 7.66. The number of piperidine rings is 1. The predicted octanol–water partition coefficient (Wildman–Crippen LogP) is 5.09. The first kappa shape index (κ1) is 24.8. The maximum Gasteiger partial charge on any atom is 0.419 e. The van der Waals surface area contributed by atoms with Gasteiger partial charge in [0.05, 0.1) is 5.56 Å². The van der Waals surface area contributed by atoms with Gasteiger partial charge in [0.2, 0.25) is 5.91 Å². The molecule has 0 spiro atoms. The van der Waals surface area contributed by atoms with Crippen molar-refractivity contribution in [3.05, 3.63) is 29.3 Å². The monoisotopic (exact) mass is 417 g/mol. The number of rotatable bonds is 4. The highest BCUT2D eigenvalue weighted by Gasteiger charge is 2.38. The van der Waals surface area contributed by atoms with Crippen LogP contribution in [0.2, 0.25) is 0 Å². The molecule has 1 aliphatic rings. The quantitative estimate of drug-likeness (QED) is 0.741. The zero-order chi connectivity index (χ0) is 22.4. The number of hydrogen-bond acceptors (Lipinski definition) is 3. The van der Waals surface area contributed by atoms with E-state index in [9.17, 15) is 22.8 Å². The van der Waals surface area contributed by atoms with Crippen LogP contribution in [0.1, 0.15) is 70.9 Å². The third-order valence-electron chi connectivity index (χ3n) is 4.60. The zero-order valence-corrected chi connectivity index (χ0v) is 17.6. The van der Waals surface area contributed by atoms with Crippen LogP contribution in [0.3, 0.4) is 0 Å². The summed E-state index contributed by atoms with van der Waals surface area (Å²) in [5, 5.41) is 9.09. The van der Waals surface area contributed by atoms with Crippen molar-refractivity contribution < 1.29 is 32.6 Å². The summed E-state index contributed by atoms with van der Waals surface area (Å²) in [7, 11) is 0. The summed E-state index contributed by atoms with van der Waals surface area (Å²) in [6.45, 7) is 9.12. The van der Waals surface area contributed by atoms with Crippen molar-refractivity contribution in [3.63, 3.8) is 0 Å². The number of alkyl halides is 3. The number of carbonyl (C=O) groups is 2. The van der Waals surface area contributed by atoms with Gasteiger partial charge in [-0.15, -0.1) is 0 Å². The Kier molecular flexibility index (Phi) is 8.53. The van der Waals surface area contributed by atoms with E-state index in [1.165, 1.54) is 39.3 Å². The lowest BCUT2D eigenvalue weighted by Crippen LogP contribution is -2.38. The number of aliphatic carboxylic acids is 1. The molecule has 1 aromatic carbocycles. The van der Waals surface area contributed by atoms with E-state index in [1.807, 2.05) is 0 Å². The van der Waals surface area contributed by atoms with Crippen LogP contribution in [0.15, 0.2) is 18.2 Å². The van der Waals surface area contributed by atoms with Crippen LogP contribution in [-0.4, -0.2) is 40.6 Å². The third-order valence-corrected chi connectivity index (χ3v) is 4.60. The van der Waals surface area contributed by atoms with Crippen LogP contribution in [0.4, 0.5) is 13.2 Å². The molecule has 1 amide bonds. The molecule has 8 heteroatoms. The van der Waals surface area contributed by atoms with Gasteiger partial charge in [-0.3, -0.25) is 4.79 Å². The van der Waals surface area contributed by atoms with Crippen molar-refractivity contribution in [2.45, 2.75) is 71.6 Å². The van der Waals surface area contributed by atoms with E-state index in [4.69, 9.17) is 9.84 Å². The Hall–Kier alpha value is -2.25. The molecule has 1 saturated heterocycles. The second kappa shape index (κ2) is 9.98. The molecule has 0 atom stereocenters. The van der Waals surface area contributed by atoms with Crippen molar-refractivity contribution in [1.29, 1.82) is 0 Å². The van der Waals surface area contributed by atoms with Crippen molar-refractivity contribution in [3.8, 4) is 5.75 Å². The molecule has 0 unspecified atom stereocenters. The molecule has 0 aromatic heterocycles. The van der Waals surface area contributed by atoms with Crippen LogP contribution in [0.5, 0.6) is 5.75 Å². The van der Waals surface area contributed by atoms with Gasteiger partial charge in [0.15, 0.2) is 5.60 Å². The number of amides is 1. The first-order valence-electron chi connectivity index (χ1n) is 9.72. The molecular weight excluding hydrogens is 387 g/mol. The molecule has 29 heavy (non-hydrogen) atoms. The largest absolute Gasteiger partial charge is 0.478 e. The first-order chi connectivity index (χ1) is 13.3. The SMILES string of the molecule is CC(=O)N1CCC(c2ccc(OC(C)(C)C(=O)O)c(C(F)(F)F)c2)CC1.CCC. The van der Waals surface area contributed by atoms with Gasteiger partial charge in [-0.05, 0) is 50.3 Å². The Morgan fingerprint density at radius 2 is 1.69 bits per heavy atom. The Bertz CT molecular complexity index is 708. The van der Waals surface area contributed by atoms with Crippen molar-refractivity contribution in [2.24, 2.45) is 0 Å². The summed E-state index contributed by atoms with van der Waals surface area (Å²) in [5.41, 5.74) is -2.26. The number of ether oxygens (including phenoxy) is 1. The molecule has 0 bridgehead atoms. The van der Waals surface area contributed by atoms with Crippen LogP contribution in [0.25, 0.3) is 0 Å². The minimum atomic E-state index is -4.67. The van der Waals surface area contributed by atoms with Crippen LogP contribution in [0, 0.1) is 0 Å². The topological polar surface area (TPSA) is 66.8 Å². The number of carbonyl (C=O) groups excluding carboxylic acids is 1. The van der Waals surface area contributed by atoms with Gasteiger partial charge in [-0.1, -0.05) is 26.3 Å². The lowest BCUT2D eigenvalue weighted by Gasteiger charge is -2.32. The molecule has 164 valence electrons. The molecular formula is C21H30F3NO4. The predicted molar refractivity (Wildman–Crippen MR) is 104 cm³/mol. The fraction of sp³-hybridized carbons (Fsp3) is 0.619. The first-order valence-corrected chi connectivity index (χ1v) is 9.72. The van der Waals surface area contributed by atoms with E-state index >= 15 is 0 Å². The number of benzene rings is 1. The van der Waals surface area contributed by atoms with E-state index < -0.39 is 29.1 Å². The van der Waals surface area contributed by atoms with Crippen molar-refractivity contribution >= 4 is 11.9 Å². The number of likely N-dealkylation sites (tertiary alicyclic amines) is 1. The average Bonchev–Trinajstić information content (AvgIpc) is 2.61. The summed E-state index contributed by atoms with van der Waals surface area (Å²) in [6.07, 6.45) is -2.25. The average molecular weight is 417 g/mol. The fourth-order valence-electron chi connectivity index (χ4n) is 2.96. The maximum atomic E-state index is 13.5. The van der Waals surface area contributed by atoms with Crippen LogP contribution < -0.4 is 4.74 Å². The molecule has 0 saturated carbocycles. The summed E-state index contributed by atoms with van der Waals surface area (Å²) in [6, 6.07) is 3.75. The molecule has 1 aliphatic heterocycles. The Morgan fingerprint density at radius 3 is 2.10 bits per heavy atom. The standard InChI is InChI=1S/C18H22F3NO4.C3H8/c1-11(23)22-8-6-12(7-9-22)13-4-5-15(14(10-13)18(19,20)21)26-17(2,3)16(24)25;1-3-2/h4-5,10,12H,6-9H2,1-3H3,(H,24,25);3H2,1-2H3. The fourth-order valence-corrected chi connectivity index (χ4v) is 2.96. The molecule has 1 fully saturated rings. The minimum absolute atomic E-state index is 0.0425. The lowest BCUT2D eigenvalue weighted by molar-refractivity contribution is -0.155. The van der Waals surface area contributed by atoms with Gasteiger partial charge in [0, 0.05) is 20.0 Å². The van der Waals surface area contributed by atoms with E-state index in [1.54, 1.807) is 4.90 Å². The molecule has 1 heterocycles. The van der Waals surface area contributed by atoms with Gasteiger partial charge in [0.1, 0.15) is 5.75 Å². The van der Waals surface area contributed by atoms with E-state index in [0.717, 1.165) is 6.07 Å². The third kappa shape index (κ3) is 6.94. The highest BCUT2D eigenvalue weighted by molar-refractivity contribution is 5.77. The zero-order valence-electron chi connectivity index (χ0n) is 17.6. The van der Waals surface area contributed by atoms with E-state index in [0.29, 0.717) is 31.5 Å². The van der Waals surface area contributed by atoms with Gasteiger partial charge in [0.25, 0.3) is 0 Å². The summed E-state index contributed by atoms with van der Waals surface area (Å²) in [5.74, 6) is -1.99. The lowest BCUT2D eigenvalue weighted by atomic mass is 9.88. The van der Waals surface area contributed by atoms with Gasteiger partial charge >= 0.3 is 12.1 Å². The number of carboxylic acid groups (broad SMARTS) is 1. The number of nitrogens with zero attached hydrogens (tertiary/aromatic N) is 1. The van der Waals surface area contributed by atoms with Gasteiger partial charge < -0.3 is 14.7 Å². The summed E-state index contributed by atoms with van der Waals surface area (Å²) >= 11 is 0. The highest BCUT2D eigenvalue weighted by atomic mass is 19.4. The van der Waals surface area contributed by atoms with Gasteiger partial charge in [-0.25, -0.2) is 4.79 Å². The van der Waals surface area contributed by atoms with E-state index in [2.05, 4.69) is 13.8 Å². The van der Waals surface area contributed by atoms with Gasteiger partial charge in [-0.2, -0.15) is 13.2 Å². The molecule has 1 aromatic rings. The normalized spacial score (nSPS) is 15.4. The van der Waals surface area contributed by atoms with Crippen molar-refractivity contribution in [2.75, 3.05) is 13.1 Å². The van der Waals surface area contributed by atoms with Crippen LogP contribution >= 0.6 is 0 Å². The number of halogens is 3. The maximum absolute atomic E-state index is 13.5. The second-order valence-corrected chi connectivity index (χ2v) is 7.66. The Morgan fingerprint density at radius 1 is 1.17 bits per heavy atom. The van der Waals surface area contributed by atoms with Crippen LogP contribution in [-0.2, 0) is 15.8 Å². The Balaban J connectivity index is 0.00000132. The number of hydrogen-bond donors (Lipinski definition) is 1. The number of carboxylic acids is 1. The minimum Gasteiger partial charge on any atom is -0.478 e. The summed E-state index contributed by atoms with van der Waals surface area (Å²) in [4.78, 5) is 24.2. The molecule has 0 radical (unpaired) electrons. The molecule has 1 N–H and O–H groups in total. The van der Waals surface area contributed by atoms with E-state index in [-0.39, 0.29) is 11.8 Å².